The number of carbonyl (C=O) groups excluding carboxylic acids is 1. The maximum absolute atomic E-state index is 13.1. The molecule has 10 heteroatoms. The van der Waals surface area contributed by atoms with E-state index in [1.54, 1.807) is 23.0 Å². The molecule has 2 heterocycles. The number of hydrogen-bond donors (Lipinski definition) is 2. The largest absolute Gasteiger partial charge is 0.349 e. The van der Waals surface area contributed by atoms with Gasteiger partial charge in [-0.25, -0.2) is 9.07 Å². The van der Waals surface area contributed by atoms with Gasteiger partial charge in [0.15, 0.2) is 5.69 Å². The minimum Gasteiger partial charge on any atom is -0.349 e. The average molecular weight is 433 g/mol. The molecule has 1 amide bonds. The highest BCUT2D eigenvalue weighted by Crippen LogP contribution is 2.19. The van der Waals surface area contributed by atoms with E-state index < -0.39 is 0 Å². The predicted molar refractivity (Wildman–Crippen MR) is 111 cm³/mol. The number of amides is 1. The lowest BCUT2D eigenvalue weighted by Crippen LogP contribution is -2.34. The summed E-state index contributed by atoms with van der Waals surface area (Å²) in [5.74, 6) is -0.524. The molecule has 1 saturated heterocycles. The molecule has 1 aromatic heterocycles. The summed E-state index contributed by atoms with van der Waals surface area (Å²) in [6.45, 7) is 2.31. The van der Waals surface area contributed by atoms with Gasteiger partial charge in [0.05, 0.1) is 18.3 Å². The SMILES string of the molecule is CN(C)C(CNC(=O)c1cn(C2CCNCC2)nn1)c1ccc(F)cc1.Cl.Cl. The number of carbonyl (C=O) groups is 1. The molecule has 0 radical (unpaired) electrons. The van der Waals surface area contributed by atoms with Gasteiger partial charge in [0, 0.05) is 6.54 Å². The second kappa shape index (κ2) is 11.3. The van der Waals surface area contributed by atoms with Gasteiger partial charge in [0.1, 0.15) is 5.82 Å². The van der Waals surface area contributed by atoms with Gasteiger partial charge in [-0.1, -0.05) is 17.3 Å². The van der Waals surface area contributed by atoms with Crippen LogP contribution in [0.1, 0.15) is 41.0 Å². The van der Waals surface area contributed by atoms with Crippen molar-refractivity contribution in [1.82, 2.24) is 30.5 Å². The van der Waals surface area contributed by atoms with E-state index in [1.807, 2.05) is 19.0 Å². The van der Waals surface area contributed by atoms with Gasteiger partial charge in [-0.2, -0.15) is 0 Å². The molecule has 7 nitrogen and oxygen atoms in total. The molecule has 1 fully saturated rings. The molecule has 0 aliphatic carbocycles. The number of hydrogen-bond acceptors (Lipinski definition) is 5. The molecule has 28 heavy (non-hydrogen) atoms. The van der Waals surface area contributed by atoms with Crippen molar-refractivity contribution in [2.24, 2.45) is 0 Å². The van der Waals surface area contributed by atoms with Crippen LogP contribution in [-0.4, -0.2) is 59.5 Å². The summed E-state index contributed by atoms with van der Waals surface area (Å²) < 4.78 is 14.9. The monoisotopic (exact) mass is 432 g/mol. The summed E-state index contributed by atoms with van der Waals surface area (Å²) in [6, 6.07) is 6.56. The van der Waals surface area contributed by atoms with Gasteiger partial charge in [0.2, 0.25) is 0 Å². The Bertz CT molecular complexity index is 734. The molecule has 1 aliphatic rings. The van der Waals surface area contributed by atoms with E-state index in [4.69, 9.17) is 0 Å². The third kappa shape index (κ3) is 6.13. The van der Waals surface area contributed by atoms with Crippen LogP contribution in [0.2, 0.25) is 0 Å². The number of aromatic nitrogens is 3. The zero-order chi connectivity index (χ0) is 18.5. The topological polar surface area (TPSA) is 75.1 Å². The number of halogens is 3. The van der Waals surface area contributed by atoms with E-state index in [1.165, 1.54) is 12.1 Å². The average Bonchev–Trinajstić information content (AvgIpc) is 3.14. The first kappa shape index (κ1) is 24.3. The first-order valence-corrected chi connectivity index (χ1v) is 8.87. The molecule has 1 aliphatic heterocycles. The second-order valence-corrected chi connectivity index (χ2v) is 6.81. The van der Waals surface area contributed by atoms with E-state index in [9.17, 15) is 9.18 Å². The number of likely N-dealkylation sites (N-methyl/N-ethyl adjacent to an activating group) is 1. The zero-order valence-electron chi connectivity index (χ0n) is 16.0. The van der Waals surface area contributed by atoms with Crippen LogP contribution in [0, 0.1) is 5.82 Å². The zero-order valence-corrected chi connectivity index (χ0v) is 17.6. The molecule has 0 bridgehead atoms. The van der Waals surface area contributed by atoms with E-state index >= 15 is 0 Å². The van der Waals surface area contributed by atoms with Crippen LogP contribution >= 0.6 is 24.8 Å². The first-order valence-electron chi connectivity index (χ1n) is 8.87. The van der Waals surface area contributed by atoms with Gasteiger partial charge in [-0.15, -0.1) is 29.9 Å². The molecule has 1 atom stereocenters. The van der Waals surface area contributed by atoms with Crippen LogP contribution < -0.4 is 10.6 Å². The van der Waals surface area contributed by atoms with E-state index in [0.29, 0.717) is 18.3 Å². The van der Waals surface area contributed by atoms with Crippen molar-refractivity contribution in [3.63, 3.8) is 0 Å². The maximum atomic E-state index is 13.1. The van der Waals surface area contributed by atoms with Crippen molar-refractivity contribution in [2.45, 2.75) is 24.9 Å². The Kier molecular flexibility index (Phi) is 9.81. The molecule has 3 rings (SSSR count). The van der Waals surface area contributed by atoms with Gasteiger partial charge in [-0.3, -0.25) is 4.79 Å². The molecule has 2 aromatic rings. The Labute approximate surface area is 176 Å². The summed E-state index contributed by atoms with van der Waals surface area (Å²) in [4.78, 5) is 14.4. The lowest BCUT2D eigenvalue weighted by atomic mass is 10.1. The molecule has 0 saturated carbocycles. The normalized spacial score (nSPS) is 15.4. The van der Waals surface area contributed by atoms with Gasteiger partial charge < -0.3 is 15.5 Å². The minimum absolute atomic E-state index is 0. The summed E-state index contributed by atoms with van der Waals surface area (Å²) in [7, 11) is 3.85. The highest BCUT2D eigenvalue weighted by atomic mass is 35.5. The summed E-state index contributed by atoms with van der Waals surface area (Å²) >= 11 is 0. The molecule has 2 N–H and O–H groups in total. The minimum atomic E-state index is -0.273. The van der Waals surface area contributed by atoms with Crippen LogP contribution in [0.5, 0.6) is 0 Å². The number of rotatable bonds is 6. The van der Waals surface area contributed by atoms with Crippen LogP contribution in [0.3, 0.4) is 0 Å². The fraction of sp³-hybridized carbons (Fsp3) is 0.500. The number of piperidine rings is 1. The second-order valence-electron chi connectivity index (χ2n) is 6.81. The van der Waals surface area contributed by atoms with Crippen molar-refractivity contribution in [3.8, 4) is 0 Å². The van der Waals surface area contributed by atoms with Crippen LogP contribution in [-0.2, 0) is 0 Å². The fourth-order valence-electron chi connectivity index (χ4n) is 3.19. The quantitative estimate of drug-likeness (QED) is 0.731. The number of nitrogens with one attached hydrogen (secondary N) is 2. The molecule has 156 valence electrons. The third-order valence-corrected chi connectivity index (χ3v) is 4.76. The summed E-state index contributed by atoms with van der Waals surface area (Å²) in [5.41, 5.74) is 1.26. The summed E-state index contributed by atoms with van der Waals surface area (Å²) in [5, 5.41) is 14.3. The lowest BCUT2D eigenvalue weighted by Gasteiger charge is -2.25. The van der Waals surface area contributed by atoms with E-state index in [-0.39, 0.29) is 42.6 Å². The Hall–Kier alpha value is -1.74. The van der Waals surface area contributed by atoms with Crippen LogP contribution in [0.15, 0.2) is 30.5 Å². The molecule has 1 aromatic carbocycles. The Balaban J connectivity index is 0.00000196. The standard InChI is InChI=1S/C18H25FN6O.2ClH/c1-24(2)17(13-3-5-14(19)6-4-13)11-21-18(26)16-12-25(23-22-16)15-7-9-20-10-8-15;;/h3-6,12,15,17,20H,7-11H2,1-2H3,(H,21,26);2*1H. The van der Waals surface area contributed by atoms with E-state index in [0.717, 1.165) is 31.5 Å². The molecule has 1 unspecified atom stereocenters. The molecule has 0 spiro atoms. The van der Waals surface area contributed by atoms with E-state index in [2.05, 4.69) is 20.9 Å². The first-order chi connectivity index (χ1) is 12.5. The highest BCUT2D eigenvalue weighted by molar-refractivity contribution is 5.91. The van der Waals surface area contributed by atoms with Crippen LogP contribution in [0.4, 0.5) is 4.39 Å². The maximum Gasteiger partial charge on any atom is 0.273 e. The van der Waals surface area contributed by atoms with Crippen molar-refractivity contribution in [1.29, 1.82) is 0 Å². The molecular weight excluding hydrogens is 406 g/mol. The van der Waals surface area contributed by atoms with Crippen LogP contribution in [0.25, 0.3) is 0 Å². The Morgan fingerprint density at radius 2 is 1.93 bits per heavy atom. The smallest absolute Gasteiger partial charge is 0.273 e. The van der Waals surface area contributed by atoms with Crippen molar-refractivity contribution >= 4 is 30.7 Å². The summed E-state index contributed by atoms with van der Waals surface area (Å²) in [6.07, 6.45) is 3.68. The van der Waals surface area contributed by atoms with Crippen molar-refractivity contribution < 1.29 is 9.18 Å². The predicted octanol–water partition coefficient (Wildman–Crippen LogP) is 2.22. The number of benzene rings is 1. The lowest BCUT2D eigenvalue weighted by molar-refractivity contribution is 0.0936. The number of nitrogens with zero attached hydrogens (tertiary/aromatic N) is 4. The third-order valence-electron chi connectivity index (χ3n) is 4.76. The van der Waals surface area contributed by atoms with Crippen molar-refractivity contribution in [2.75, 3.05) is 33.7 Å². The van der Waals surface area contributed by atoms with Crippen molar-refractivity contribution in [3.05, 3.63) is 47.5 Å². The van der Waals surface area contributed by atoms with Gasteiger partial charge >= 0.3 is 0 Å². The Morgan fingerprint density at radius 1 is 1.29 bits per heavy atom. The Morgan fingerprint density at radius 3 is 2.54 bits per heavy atom. The van der Waals surface area contributed by atoms with Gasteiger partial charge in [0.25, 0.3) is 5.91 Å². The van der Waals surface area contributed by atoms with Gasteiger partial charge in [-0.05, 0) is 57.7 Å². The fourth-order valence-corrected chi connectivity index (χ4v) is 3.19. The highest BCUT2D eigenvalue weighted by Gasteiger charge is 2.20. The molecular formula is C18H27Cl2FN6O.